The van der Waals surface area contributed by atoms with Crippen molar-refractivity contribution >= 4 is 23.5 Å². The minimum atomic E-state index is -0.804. The number of nitrogen functional groups attached to an aromatic ring is 2. The molecule has 1 amide bonds. The van der Waals surface area contributed by atoms with Crippen LogP contribution in [0.1, 0.15) is 50.2 Å². The van der Waals surface area contributed by atoms with Crippen molar-refractivity contribution in [3.63, 3.8) is 0 Å². The molecule has 3 aromatic carbocycles. The van der Waals surface area contributed by atoms with Gasteiger partial charge in [-0.05, 0) is 42.0 Å². The number of hydrogen-bond donors (Lipinski definition) is 5. The fourth-order valence-corrected chi connectivity index (χ4v) is 3.37. The summed E-state index contributed by atoms with van der Waals surface area (Å²) in [4.78, 5) is 24.8. The number of amides is 1. The van der Waals surface area contributed by atoms with Crippen molar-refractivity contribution in [3.8, 4) is 5.75 Å². The van der Waals surface area contributed by atoms with Crippen LogP contribution in [0.4, 0.5) is 0 Å². The molecule has 0 bridgehead atoms. The lowest BCUT2D eigenvalue weighted by molar-refractivity contribution is 0.0600. The van der Waals surface area contributed by atoms with Gasteiger partial charge in [-0.15, -0.1) is 0 Å². The zero-order valence-corrected chi connectivity index (χ0v) is 19.4. The van der Waals surface area contributed by atoms with Gasteiger partial charge in [-0.3, -0.25) is 15.6 Å². The third kappa shape index (κ3) is 6.23. The van der Waals surface area contributed by atoms with Crippen LogP contribution >= 0.6 is 0 Å². The number of carbonyl (C=O) groups is 2. The quantitative estimate of drug-likeness (QED) is 0.139. The maximum Gasteiger partial charge on any atom is 0.337 e. The van der Waals surface area contributed by atoms with Crippen molar-refractivity contribution in [1.29, 1.82) is 10.8 Å². The molecule has 3 rings (SSSR count). The van der Waals surface area contributed by atoms with Gasteiger partial charge in [0, 0.05) is 22.6 Å². The second-order valence-electron chi connectivity index (χ2n) is 7.85. The van der Waals surface area contributed by atoms with Gasteiger partial charge in [0.2, 0.25) is 0 Å². The highest BCUT2D eigenvalue weighted by Crippen LogP contribution is 2.24. The fourth-order valence-electron chi connectivity index (χ4n) is 3.37. The zero-order chi connectivity index (χ0) is 25.5. The molecule has 9 nitrogen and oxygen atoms in total. The number of ether oxygens (including phenoxy) is 2. The SMILES string of the molecule is COC(=O)c1ccc([C@@H](C)C(NC(=O)c2ccc(C(=N)N)cc2)Oc2cccc(C(=N)N)c2)cc1. The first-order chi connectivity index (χ1) is 16.7. The highest BCUT2D eigenvalue weighted by atomic mass is 16.5. The van der Waals surface area contributed by atoms with Crippen LogP contribution in [0.2, 0.25) is 0 Å². The summed E-state index contributed by atoms with van der Waals surface area (Å²) in [6.07, 6.45) is -0.804. The molecule has 0 fully saturated rings. The highest BCUT2D eigenvalue weighted by molar-refractivity contribution is 5.98. The van der Waals surface area contributed by atoms with Crippen molar-refractivity contribution < 1.29 is 19.1 Å². The van der Waals surface area contributed by atoms with Gasteiger partial charge in [-0.2, -0.15) is 0 Å². The second kappa shape index (κ2) is 11.0. The maximum atomic E-state index is 13.0. The first-order valence-electron chi connectivity index (χ1n) is 10.7. The number of methoxy groups -OCH3 is 1. The molecule has 35 heavy (non-hydrogen) atoms. The largest absolute Gasteiger partial charge is 0.470 e. The molecular weight excluding hydrogens is 446 g/mol. The van der Waals surface area contributed by atoms with Crippen LogP contribution in [0.5, 0.6) is 5.75 Å². The monoisotopic (exact) mass is 473 g/mol. The van der Waals surface area contributed by atoms with E-state index < -0.39 is 12.2 Å². The molecule has 0 aliphatic carbocycles. The van der Waals surface area contributed by atoms with Crippen LogP contribution in [0, 0.1) is 10.8 Å². The van der Waals surface area contributed by atoms with Gasteiger partial charge in [-0.1, -0.05) is 43.3 Å². The van der Waals surface area contributed by atoms with Gasteiger partial charge < -0.3 is 26.3 Å². The van der Waals surface area contributed by atoms with Crippen molar-refractivity contribution in [2.24, 2.45) is 11.5 Å². The topological polar surface area (TPSA) is 164 Å². The lowest BCUT2D eigenvalue weighted by atomic mass is 9.97. The number of amidine groups is 2. The molecule has 2 atom stereocenters. The summed E-state index contributed by atoms with van der Waals surface area (Å²) in [6, 6.07) is 19.9. The maximum absolute atomic E-state index is 13.0. The Balaban J connectivity index is 1.89. The molecule has 0 saturated heterocycles. The second-order valence-corrected chi connectivity index (χ2v) is 7.85. The number of esters is 1. The number of benzene rings is 3. The minimum Gasteiger partial charge on any atom is -0.470 e. The third-order valence-corrected chi connectivity index (χ3v) is 5.45. The first kappa shape index (κ1) is 25.0. The Hall–Kier alpha value is -4.66. The molecular formula is C26H27N5O4. The van der Waals surface area contributed by atoms with E-state index in [0.717, 1.165) is 5.56 Å². The van der Waals surface area contributed by atoms with Crippen LogP contribution in [0.25, 0.3) is 0 Å². The summed E-state index contributed by atoms with van der Waals surface area (Å²) >= 11 is 0. The standard InChI is InChI=1S/C26H27N5O4/c1-15(16-6-12-19(13-7-16)26(33)34-2)25(35-21-5-3-4-20(14-21)23(29)30)31-24(32)18-10-8-17(9-11-18)22(27)28/h3-15,25H,1-2H3,(H3,27,28)(H3,29,30)(H,31,32)/t15-,25?/m1/s1. The Labute approximate surface area is 203 Å². The van der Waals surface area contributed by atoms with Gasteiger partial charge in [0.25, 0.3) is 5.91 Å². The summed E-state index contributed by atoms with van der Waals surface area (Å²) in [6.45, 7) is 1.88. The number of rotatable bonds is 9. The highest BCUT2D eigenvalue weighted by Gasteiger charge is 2.24. The molecule has 3 aromatic rings. The van der Waals surface area contributed by atoms with E-state index in [1.807, 2.05) is 6.92 Å². The third-order valence-electron chi connectivity index (χ3n) is 5.45. The van der Waals surface area contributed by atoms with Crippen LogP contribution in [-0.4, -0.2) is 36.9 Å². The summed E-state index contributed by atoms with van der Waals surface area (Å²) in [5.74, 6) is -0.928. The van der Waals surface area contributed by atoms with Crippen LogP contribution in [0.3, 0.4) is 0 Å². The van der Waals surface area contributed by atoms with Crippen molar-refractivity contribution in [2.75, 3.05) is 7.11 Å². The Morgan fingerprint density at radius 2 is 1.40 bits per heavy atom. The molecule has 0 spiro atoms. The summed E-state index contributed by atoms with van der Waals surface area (Å²) in [5.41, 5.74) is 13.7. The van der Waals surface area contributed by atoms with E-state index in [0.29, 0.717) is 28.0 Å². The number of nitrogens with two attached hydrogens (primary N) is 2. The molecule has 0 aliphatic rings. The summed E-state index contributed by atoms with van der Waals surface area (Å²) in [7, 11) is 1.32. The predicted octanol–water partition coefficient (Wildman–Crippen LogP) is 2.98. The Morgan fingerprint density at radius 1 is 0.829 bits per heavy atom. The Kier molecular flexibility index (Phi) is 7.83. The molecule has 0 saturated carbocycles. The summed E-state index contributed by atoms with van der Waals surface area (Å²) in [5, 5.41) is 18.1. The molecule has 180 valence electrons. The van der Waals surface area contributed by atoms with Crippen LogP contribution < -0.4 is 21.5 Å². The van der Waals surface area contributed by atoms with Crippen LogP contribution in [-0.2, 0) is 4.74 Å². The Bertz CT molecular complexity index is 1240. The van der Waals surface area contributed by atoms with Crippen LogP contribution in [0.15, 0.2) is 72.8 Å². The van der Waals surface area contributed by atoms with Crippen molar-refractivity contribution in [1.82, 2.24) is 5.32 Å². The van der Waals surface area contributed by atoms with E-state index in [1.165, 1.54) is 7.11 Å². The lowest BCUT2D eigenvalue weighted by Gasteiger charge is -2.27. The van der Waals surface area contributed by atoms with Gasteiger partial charge in [0.1, 0.15) is 17.4 Å². The van der Waals surface area contributed by atoms with E-state index in [-0.39, 0.29) is 23.5 Å². The van der Waals surface area contributed by atoms with Crippen molar-refractivity contribution in [2.45, 2.75) is 19.1 Å². The molecule has 1 unspecified atom stereocenters. The average molecular weight is 474 g/mol. The zero-order valence-electron chi connectivity index (χ0n) is 19.4. The number of hydrogen-bond acceptors (Lipinski definition) is 6. The first-order valence-corrected chi connectivity index (χ1v) is 10.7. The minimum absolute atomic E-state index is 0.0902. The average Bonchev–Trinajstić information content (AvgIpc) is 2.87. The number of nitrogens with one attached hydrogen (secondary N) is 3. The fraction of sp³-hybridized carbons (Fsp3) is 0.154. The molecule has 0 aromatic heterocycles. The van der Waals surface area contributed by atoms with Crippen molar-refractivity contribution in [3.05, 3.63) is 101 Å². The normalized spacial score (nSPS) is 12.2. The molecule has 9 heteroatoms. The van der Waals surface area contributed by atoms with E-state index >= 15 is 0 Å². The summed E-state index contributed by atoms with van der Waals surface area (Å²) < 4.78 is 10.9. The molecule has 0 radical (unpaired) electrons. The molecule has 0 aliphatic heterocycles. The van der Waals surface area contributed by atoms with E-state index in [2.05, 4.69) is 5.32 Å². The number of carbonyl (C=O) groups excluding carboxylic acids is 2. The van der Waals surface area contributed by atoms with E-state index in [1.54, 1.807) is 72.8 Å². The lowest BCUT2D eigenvalue weighted by Crippen LogP contribution is -2.42. The smallest absolute Gasteiger partial charge is 0.337 e. The van der Waals surface area contributed by atoms with E-state index in [4.69, 9.17) is 31.8 Å². The van der Waals surface area contributed by atoms with Gasteiger partial charge in [0.05, 0.1) is 12.7 Å². The predicted molar refractivity (Wildman–Crippen MR) is 133 cm³/mol. The van der Waals surface area contributed by atoms with Gasteiger partial charge in [-0.25, -0.2) is 4.79 Å². The van der Waals surface area contributed by atoms with Gasteiger partial charge in [0.15, 0.2) is 6.23 Å². The van der Waals surface area contributed by atoms with E-state index in [9.17, 15) is 9.59 Å². The molecule has 0 heterocycles. The Morgan fingerprint density at radius 3 is 1.97 bits per heavy atom. The van der Waals surface area contributed by atoms with Gasteiger partial charge >= 0.3 is 5.97 Å². The molecule has 7 N–H and O–H groups in total.